The van der Waals surface area contributed by atoms with Crippen molar-refractivity contribution in [1.29, 1.82) is 0 Å². The molecule has 0 saturated carbocycles. The van der Waals surface area contributed by atoms with Crippen molar-refractivity contribution in [3.63, 3.8) is 0 Å². The molecule has 0 aromatic heterocycles. The Morgan fingerprint density at radius 2 is 2.00 bits per heavy atom. The van der Waals surface area contributed by atoms with Crippen molar-refractivity contribution >= 4 is 11.9 Å². The minimum Gasteiger partial charge on any atom is -0.480 e. The summed E-state index contributed by atoms with van der Waals surface area (Å²) in [5, 5.41) is 10.9. The minimum absolute atomic E-state index is 0.429. The second-order valence-corrected chi connectivity index (χ2v) is 3.46. The number of aliphatic carboxylic acids is 1. The molecular weight excluding hydrogens is 198 g/mol. The summed E-state index contributed by atoms with van der Waals surface area (Å²) in [4.78, 5) is 21.8. The van der Waals surface area contributed by atoms with Crippen LogP contribution in [0.2, 0.25) is 0 Å². The molecule has 0 heterocycles. The van der Waals surface area contributed by atoms with Crippen LogP contribution in [0.3, 0.4) is 0 Å². The number of rotatable bonds is 7. The molecule has 1 amide bonds. The Morgan fingerprint density at radius 1 is 1.40 bits per heavy atom. The van der Waals surface area contributed by atoms with E-state index in [1.165, 1.54) is 6.92 Å². The monoisotopic (exact) mass is 217 g/mol. The van der Waals surface area contributed by atoms with Crippen molar-refractivity contribution in [3.8, 4) is 0 Å². The van der Waals surface area contributed by atoms with Gasteiger partial charge in [0.2, 0.25) is 5.91 Å². The Labute approximate surface area is 89.0 Å². The first-order chi connectivity index (χ1) is 6.99. The van der Waals surface area contributed by atoms with Gasteiger partial charge in [-0.05, 0) is 26.3 Å². The quantitative estimate of drug-likeness (QED) is 0.409. The van der Waals surface area contributed by atoms with Gasteiger partial charge < -0.3 is 21.9 Å². The number of hydrogen-bond donors (Lipinski definition) is 4. The summed E-state index contributed by atoms with van der Waals surface area (Å²) >= 11 is 0. The Bertz CT molecular complexity index is 221. The largest absolute Gasteiger partial charge is 0.480 e. The van der Waals surface area contributed by atoms with Crippen LogP contribution in [0.25, 0.3) is 0 Å². The zero-order valence-corrected chi connectivity index (χ0v) is 8.90. The van der Waals surface area contributed by atoms with Crippen LogP contribution in [0, 0.1) is 0 Å². The Balaban J connectivity index is 3.83. The third kappa shape index (κ3) is 6.03. The van der Waals surface area contributed by atoms with Crippen molar-refractivity contribution in [2.24, 2.45) is 11.5 Å². The molecule has 0 spiro atoms. The number of nitrogens with one attached hydrogen (secondary N) is 1. The predicted molar refractivity (Wildman–Crippen MR) is 56.1 cm³/mol. The molecule has 0 aliphatic heterocycles. The van der Waals surface area contributed by atoms with E-state index in [2.05, 4.69) is 5.32 Å². The minimum atomic E-state index is -1.07. The summed E-state index contributed by atoms with van der Waals surface area (Å²) in [5.41, 5.74) is 10.9. The topological polar surface area (TPSA) is 118 Å². The number of carboxylic acids is 1. The molecule has 0 aromatic carbocycles. The summed E-state index contributed by atoms with van der Waals surface area (Å²) < 4.78 is 0. The van der Waals surface area contributed by atoms with Crippen molar-refractivity contribution in [2.75, 3.05) is 6.54 Å². The lowest BCUT2D eigenvalue weighted by Gasteiger charge is -2.14. The summed E-state index contributed by atoms with van der Waals surface area (Å²) in [6.45, 7) is 1.96. The summed E-state index contributed by atoms with van der Waals surface area (Å²) in [6.07, 6.45) is 2.11. The molecule has 88 valence electrons. The molecule has 15 heavy (non-hydrogen) atoms. The van der Waals surface area contributed by atoms with E-state index >= 15 is 0 Å². The van der Waals surface area contributed by atoms with E-state index in [9.17, 15) is 9.59 Å². The molecule has 0 radical (unpaired) electrons. The van der Waals surface area contributed by atoms with Crippen molar-refractivity contribution in [1.82, 2.24) is 5.32 Å². The van der Waals surface area contributed by atoms with E-state index < -0.39 is 24.0 Å². The molecule has 0 bridgehead atoms. The zero-order valence-electron chi connectivity index (χ0n) is 8.90. The maximum absolute atomic E-state index is 11.3. The van der Waals surface area contributed by atoms with Gasteiger partial charge in [-0.25, -0.2) is 0 Å². The van der Waals surface area contributed by atoms with Gasteiger partial charge in [0.1, 0.15) is 6.04 Å². The smallest absolute Gasteiger partial charge is 0.325 e. The third-order valence-corrected chi connectivity index (χ3v) is 2.04. The summed E-state index contributed by atoms with van der Waals surface area (Å²) in [7, 11) is 0. The summed E-state index contributed by atoms with van der Waals surface area (Å²) in [5.74, 6) is -1.50. The van der Waals surface area contributed by atoms with Crippen LogP contribution < -0.4 is 16.8 Å². The van der Waals surface area contributed by atoms with Crippen molar-refractivity contribution in [2.45, 2.75) is 38.3 Å². The van der Waals surface area contributed by atoms with Crippen molar-refractivity contribution < 1.29 is 14.7 Å². The second-order valence-electron chi connectivity index (χ2n) is 3.46. The standard InChI is InChI=1S/C9H19N3O3/c1-6(9(14)15)12-8(13)7(11)4-2-3-5-10/h6-7H,2-5,10-11H2,1H3,(H,12,13)(H,14,15)/t6-,7+/m1/s1. The van der Waals surface area contributed by atoms with E-state index in [0.29, 0.717) is 13.0 Å². The lowest BCUT2D eigenvalue weighted by molar-refractivity contribution is -0.141. The highest BCUT2D eigenvalue weighted by atomic mass is 16.4. The fourth-order valence-corrected chi connectivity index (χ4v) is 1.02. The van der Waals surface area contributed by atoms with Gasteiger partial charge in [0, 0.05) is 0 Å². The van der Waals surface area contributed by atoms with Gasteiger partial charge in [-0.2, -0.15) is 0 Å². The highest BCUT2D eigenvalue weighted by Crippen LogP contribution is 1.98. The maximum atomic E-state index is 11.3. The molecule has 0 unspecified atom stereocenters. The molecule has 2 atom stereocenters. The number of unbranched alkanes of at least 4 members (excludes halogenated alkanes) is 1. The third-order valence-electron chi connectivity index (χ3n) is 2.04. The molecule has 6 N–H and O–H groups in total. The number of carbonyl (C=O) groups is 2. The van der Waals surface area contributed by atoms with Gasteiger partial charge in [0.05, 0.1) is 6.04 Å². The Morgan fingerprint density at radius 3 is 2.47 bits per heavy atom. The molecule has 0 rings (SSSR count). The molecule has 6 nitrogen and oxygen atoms in total. The molecular formula is C9H19N3O3. The van der Waals surface area contributed by atoms with E-state index in [1.54, 1.807) is 0 Å². The normalized spacial score (nSPS) is 14.3. The number of carboxylic acid groups (broad SMARTS) is 1. The van der Waals surface area contributed by atoms with Gasteiger partial charge in [0.25, 0.3) is 0 Å². The molecule has 6 heteroatoms. The molecule has 0 fully saturated rings. The number of carbonyl (C=O) groups excluding carboxylic acids is 1. The number of amides is 1. The van der Waals surface area contributed by atoms with E-state index in [1.807, 2.05) is 0 Å². The van der Waals surface area contributed by atoms with Crippen LogP contribution in [-0.2, 0) is 9.59 Å². The molecule has 0 aliphatic rings. The zero-order chi connectivity index (χ0) is 11.8. The highest BCUT2D eigenvalue weighted by Gasteiger charge is 2.18. The first-order valence-electron chi connectivity index (χ1n) is 4.98. The lowest BCUT2D eigenvalue weighted by Crippen LogP contribution is -2.47. The number of hydrogen-bond acceptors (Lipinski definition) is 4. The SMILES string of the molecule is C[C@@H](NC(=O)[C@@H](N)CCCCN)C(=O)O. The van der Waals surface area contributed by atoms with Crippen LogP contribution in [0.5, 0.6) is 0 Å². The van der Waals surface area contributed by atoms with Gasteiger partial charge >= 0.3 is 5.97 Å². The predicted octanol–water partition coefficient (Wildman–Crippen LogP) is -0.968. The molecule has 0 saturated heterocycles. The van der Waals surface area contributed by atoms with Gasteiger partial charge in [-0.1, -0.05) is 6.42 Å². The fraction of sp³-hybridized carbons (Fsp3) is 0.778. The average Bonchev–Trinajstić information content (AvgIpc) is 2.17. The highest BCUT2D eigenvalue weighted by molar-refractivity contribution is 5.86. The van der Waals surface area contributed by atoms with Crippen LogP contribution >= 0.6 is 0 Å². The van der Waals surface area contributed by atoms with E-state index in [0.717, 1.165) is 12.8 Å². The Hall–Kier alpha value is -1.14. The van der Waals surface area contributed by atoms with Crippen LogP contribution in [0.1, 0.15) is 26.2 Å². The lowest BCUT2D eigenvalue weighted by atomic mass is 10.1. The van der Waals surface area contributed by atoms with Crippen LogP contribution in [0.15, 0.2) is 0 Å². The van der Waals surface area contributed by atoms with E-state index in [4.69, 9.17) is 16.6 Å². The Kier molecular flexibility index (Phi) is 6.64. The van der Waals surface area contributed by atoms with E-state index in [-0.39, 0.29) is 0 Å². The van der Waals surface area contributed by atoms with Crippen LogP contribution in [0.4, 0.5) is 0 Å². The first kappa shape index (κ1) is 13.9. The second kappa shape index (κ2) is 7.19. The first-order valence-corrected chi connectivity index (χ1v) is 4.98. The average molecular weight is 217 g/mol. The van der Waals surface area contributed by atoms with Gasteiger partial charge in [-0.15, -0.1) is 0 Å². The van der Waals surface area contributed by atoms with Crippen molar-refractivity contribution in [3.05, 3.63) is 0 Å². The van der Waals surface area contributed by atoms with Gasteiger partial charge in [-0.3, -0.25) is 9.59 Å². The van der Waals surface area contributed by atoms with Gasteiger partial charge in [0.15, 0.2) is 0 Å². The molecule has 0 aromatic rings. The van der Waals surface area contributed by atoms with Crippen LogP contribution in [-0.4, -0.2) is 35.6 Å². The fourth-order valence-electron chi connectivity index (χ4n) is 1.02. The maximum Gasteiger partial charge on any atom is 0.325 e. The number of nitrogens with two attached hydrogens (primary N) is 2. The molecule has 0 aliphatic carbocycles. The summed E-state index contributed by atoms with van der Waals surface area (Å²) in [6, 6.07) is -1.56.